The van der Waals surface area contributed by atoms with E-state index in [0.717, 1.165) is 0 Å². The Kier molecular flexibility index (Phi) is 4.61. The smallest absolute Gasteiger partial charge is 0.221 e. The van der Waals surface area contributed by atoms with Crippen LogP contribution in [0.15, 0.2) is 54.6 Å². The van der Waals surface area contributed by atoms with E-state index in [-0.39, 0.29) is 17.5 Å². The number of ketones is 1. The maximum absolute atomic E-state index is 13.0. The molecule has 0 unspecified atom stereocenters. The number of amides is 1. The predicted molar refractivity (Wildman–Crippen MR) is 80.5 cm³/mol. The zero-order valence-electron chi connectivity index (χ0n) is 11.5. The fourth-order valence-corrected chi connectivity index (χ4v) is 1.83. The maximum atomic E-state index is 13.0. The summed E-state index contributed by atoms with van der Waals surface area (Å²) in [6, 6.07) is 12.6. The van der Waals surface area contributed by atoms with E-state index in [9.17, 15) is 14.0 Å². The molecule has 1 amide bonds. The Hall–Kier alpha value is -2.75. The molecule has 0 radical (unpaired) electrons. The number of allylic oxidation sites excluding steroid dienone is 1. The maximum Gasteiger partial charge on any atom is 0.221 e. The Morgan fingerprint density at radius 3 is 2.57 bits per heavy atom. The normalized spacial score (nSPS) is 10.6. The van der Waals surface area contributed by atoms with Gasteiger partial charge in [-0.25, -0.2) is 4.39 Å². The monoisotopic (exact) mass is 283 g/mol. The van der Waals surface area contributed by atoms with Crippen LogP contribution in [0.2, 0.25) is 0 Å². The summed E-state index contributed by atoms with van der Waals surface area (Å²) in [5, 5.41) is 2.62. The van der Waals surface area contributed by atoms with Crippen molar-refractivity contribution < 1.29 is 14.0 Å². The van der Waals surface area contributed by atoms with E-state index >= 15 is 0 Å². The SMILES string of the molecule is CC(=O)Nc1cccc(C(=O)/C=C/c2cccc(F)c2)c1. The third-order valence-corrected chi connectivity index (χ3v) is 2.74. The zero-order valence-corrected chi connectivity index (χ0v) is 11.5. The van der Waals surface area contributed by atoms with Crippen LogP contribution in [0.3, 0.4) is 0 Å². The molecule has 2 aromatic rings. The average molecular weight is 283 g/mol. The summed E-state index contributed by atoms with van der Waals surface area (Å²) in [4.78, 5) is 23.0. The number of hydrogen-bond donors (Lipinski definition) is 1. The van der Waals surface area contributed by atoms with Gasteiger partial charge in [-0.2, -0.15) is 0 Å². The van der Waals surface area contributed by atoms with Crippen molar-refractivity contribution in [3.63, 3.8) is 0 Å². The number of anilines is 1. The second kappa shape index (κ2) is 6.61. The van der Waals surface area contributed by atoms with Gasteiger partial charge in [0.15, 0.2) is 5.78 Å². The van der Waals surface area contributed by atoms with Crippen molar-refractivity contribution in [2.45, 2.75) is 6.92 Å². The Morgan fingerprint density at radius 2 is 1.86 bits per heavy atom. The van der Waals surface area contributed by atoms with Gasteiger partial charge in [0, 0.05) is 18.2 Å². The fraction of sp³-hybridized carbons (Fsp3) is 0.0588. The second-order valence-electron chi connectivity index (χ2n) is 4.51. The van der Waals surface area contributed by atoms with E-state index in [4.69, 9.17) is 0 Å². The van der Waals surface area contributed by atoms with E-state index in [2.05, 4.69) is 5.32 Å². The molecule has 0 bridgehead atoms. The first-order chi connectivity index (χ1) is 10.0. The highest BCUT2D eigenvalue weighted by Crippen LogP contribution is 2.13. The molecule has 4 heteroatoms. The van der Waals surface area contributed by atoms with Crippen molar-refractivity contribution in [2.75, 3.05) is 5.32 Å². The van der Waals surface area contributed by atoms with Crippen LogP contribution in [-0.2, 0) is 4.79 Å². The number of nitrogens with one attached hydrogen (secondary N) is 1. The average Bonchev–Trinajstić information content (AvgIpc) is 2.44. The highest BCUT2D eigenvalue weighted by molar-refractivity contribution is 6.07. The van der Waals surface area contributed by atoms with E-state index in [1.54, 1.807) is 42.5 Å². The van der Waals surface area contributed by atoms with Gasteiger partial charge in [0.2, 0.25) is 5.91 Å². The third-order valence-electron chi connectivity index (χ3n) is 2.74. The van der Waals surface area contributed by atoms with Gasteiger partial charge in [-0.05, 0) is 35.9 Å². The lowest BCUT2D eigenvalue weighted by atomic mass is 10.1. The molecule has 0 aliphatic rings. The van der Waals surface area contributed by atoms with Gasteiger partial charge in [0.1, 0.15) is 5.82 Å². The van der Waals surface area contributed by atoms with Crippen molar-refractivity contribution in [3.05, 3.63) is 71.6 Å². The minimum atomic E-state index is -0.350. The van der Waals surface area contributed by atoms with Crippen molar-refractivity contribution in [1.29, 1.82) is 0 Å². The molecule has 0 fully saturated rings. The molecule has 21 heavy (non-hydrogen) atoms. The molecule has 0 spiro atoms. The third kappa shape index (κ3) is 4.38. The number of halogens is 1. The molecular weight excluding hydrogens is 269 g/mol. The lowest BCUT2D eigenvalue weighted by Gasteiger charge is -2.03. The van der Waals surface area contributed by atoms with Crippen LogP contribution in [0.4, 0.5) is 10.1 Å². The zero-order chi connectivity index (χ0) is 15.2. The van der Waals surface area contributed by atoms with Gasteiger partial charge in [-0.3, -0.25) is 9.59 Å². The molecule has 0 aliphatic heterocycles. The van der Waals surface area contributed by atoms with E-state index in [1.807, 2.05) is 0 Å². The van der Waals surface area contributed by atoms with E-state index in [1.165, 1.54) is 25.1 Å². The first-order valence-electron chi connectivity index (χ1n) is 6.40. The first-order valence-corrected chi connectivity index (χ1v) is 6.40. The van der Waals surface area contributed by atoms with Crippen LogP contribution in [0.5, 0.6) is 0 Å². The van der Waals surface area contributed by atoms with Crippen LogP contribution in [0.25, 0.3) is 6.08 Å². The van der Waals surface area contributed by atoms with Crippen LogP contribution >= 0.6 is 0 Å². The summed E-state index contributed by atoms with van der Waals surface area (Å²) in [6.45, 7) is 1.40. The molecule has 2 rings (SSSR count). The summed E-state index contributed by atoms with van der Waals surface area (Å²) < 4.78 is 13.0. The molecular formula is C17H14FNO2. The van der Waals surface area contributed by atoms with Gasteiger partial charge in [0.05, 0.1) is 0 Å². The standard InChI is InChI=1S/C17H14FNO2/c1-12(20)19-16-7-3-5-14(11-16)17(21)9-8-13-4-2-6-15(18)10-13/h2-11H,1H3,(H,19,20)/b9-8+. The van der Waals surface area contributed by atoms with E-state index in [0.29, 0.717) is 16.8 Å². The molecule has 0 heterocycles. The summed E-state index contributed by atoms with van der Waals surface area (Å²) in [6.07, 6.45) is 2.93. The van der Waals surface area contributed by atoms with Crippen molar-refractivity contribution in [3.8, 4) is 0 Å². The molecule has 0 atom stereocenters. The molecule has 0 saturated heterocycles. The van der Waals surface area contributed by atoms with Crippen LogP contribution in [-0.4, -0.2) is 11.7 Å². The Balaban J connectivity index is 2.15. The minimum absolute atomic E-state index is 0.199. The fourth-order valence-electron chi connectivity index (χ4n) is 1.83. The van der Waals surface area contributed by atoms with Crippen molar-refractivity contribution >= 4 is 23.5 Å². The lowest BCUT2D eigenvalue weighted by Crippen LogP contribution is -2.06. The van der Waals surface area contributed by atoms with Gasteiger partial charge in [0.25, 0.3) is 0 Å². The number of hydrogen-bond acceptors (Lipinski definition) is 2. The number of benzene rings is 2. The van der Waals surface area contributed by atoms with Crippen molar-refractivity contribution in [1.82, 2.24) is 0 Å². The topological polar surface area (TPSA) is 46.2 Å². The lowest BCUT2D eigenvalue weighted by molar-refractivity contribution is -0.114. The number of carbonyl (C=O) groups is 2. The van der Waals surface area contributed by atoms with Crippen LogP contribution in [0, 0.1) is 5.82 Å². The molecule has 3 nitrogen and oxygen atoms in total. The van der Waals surface area contributed by atoms with Gasteiger partial charge in [-0.1, -0.05) is 30.3 Å². The number of rotatable bonds is 4. The highest BCUT2D eigenvalue weighted by Gasteiger charge is 2.04. The quantitative estimate of drug-likeness (QED) is 0.687. The molecule has 0 aliphatic carbocycles. The molecule has 106 valence electrons. The summed E-state index contributed by atoms with van der Waals surface area (Å²) in [5.41, 5.74) is 1.63. The Bertz CT molecular complexity index is 707. The predicted octanol–water partition coefficient (Wildman–Crippen LogP) is 3.68. The van der Waals surface area contributed by atoms with Crippen LogP contribution in [0.1, 0.15) is 22.8 Å². The molecule has 2 aromatic carbocycles. The van der Waals surface area contributed by atoms with Crippen LogP contribution < -0.4 is 5.32 Å². The molecule has 0 saturated carbocycles. The van der Waals surface area contributed by atoms with Gasteiger partial charge in [-0.15, -0.1) is 0 Å². The highest BCUT2D eigenvalue weighted by atomic mass is 19.1. The largest absolute Gasteiger partial charge is 0.326 e. The summed E-state index contributed by atoms with van der Waals surface area (Å²) in [5.74, 6) is -0.765. The Labute approximate surface area is 122 Å². The summed E-state index contributed by atoms with van der Waals surface area (Å²) >= 11 is 0. The number of carbonyl (C=O) groups excluding carboxylic acids is 2. The van der Waals surface area contributed by atoms with E-state index < -0.39 is 0 Å². The minimum Gasteiger partial charge on any atom is -0.326 e. The van der Waals surface area contributed by atoms with Crippen molar-refractivity contribution in [2.24, 2.45) is 0 Å². The molecule has 1 N–H and O–H groups in total. The first kappa shape index (κ1) is 14.7. The van der Waals surface area contributed by atoms with Gasteiger partial charge < -0.3 is 5.32 Å². The summed E-state index contributed by atoms with van der Waals surface area (Å²) in [7, 11) is 0. The second-order valence-corrected chi connectivity index (χ2v) is 4.51. The van der Waals surface area contributed by atoms with Gasteiger partial charge >= 0.3 is 0 Å². The molecule has 0 aromatic heterocycles. The Morgan fingerprint density at radius 1 is 1.10 bits per heavy atom.